The van der Waals surface area contributed by atoms with Crippen molar-refractivity contribution in [2.24, 2.45) is 0 Å². The number of nitrogens with one attached hydrogen (secondary N) is 1. The van der Waals surface area contributed by atoms with Crippen molar-refractivity contribution in [3.8, 4) is 0 Å². The predicted octanol–water partition coefficient (Wildman–Crippen LogP) is 4.26. The van der Waals surface area contributed by atoms with E-state index in [1.165, 1.54) is 36.1 Å². The quantitative estimate of drug-likeness (QED) is 0.573. The van der Waals surface area contributed by atoms with Crippen LogP contribution in [-0.4, -0.2) is 31.3 Å². The van der Waals surface area contributed by atoms with Crippen LogP contribution in [0, 0.1) is 12.7 Å². The van der Waals surface area contributed by atoms with Crippen LogP contribution in [0.2, 0.25) is 5.15 Å². The van der Waals surface area contributed by atoms with E-state index in [1.54, 1.807) is 37.5 Å². The molecule has 3 aromatic rings. The number of rotatable bonds is 6. The van der Waals surface area contributed by atoms with E-state index in [-0.39, 0.29) is 34.2 Å². The first kappa shape index (κ1) is 21.7. The molecule has 156 valence electrons. The molecule has 0 aliphatic rings. The molecular formula is C21H19ClFN3O3S. The van der Waals surface area contributed by atoms with E-state index in [1.807, 2.05) is 0 Å². The zero-order valence-corrected chi connectivity index (χ0v) is 17.8. The Morgan fingerprint density at radius 1 is 1.17 bits per heavy atom. The largest absolute Gasteiger partial charge is 0.337 e. The van der Waals surface area contributed by atoms with Crippen LogP contribution >= 0.6 is 11.6 Å². The zero-order chi connectivity index (χ0) is 21.9. The van der Waals surface area contributed by atoms with Crippen LogP contribution in [0.15, 0.2) is 65.7 Å². The maximum Gasteiger partial charge on any atom is 0.261 e. The van der Waals surface area contributed by atoms with Gasteiger partial charge in [-0.25, -0.2) is 17.8 Å². The molecule has 0 saturated carbocycles. The number of aryl methyl sites for hydroxylation is 1. The summed E-state index contributed by atoms with van der Waals surface area (Å²) in [5.41, 5.74) is 1.29. The van der Waals surface area contributed by atoms with Crippen molar-refractivity contribution in [2.75, 3.05) is 11.8 Å². The minimum atomic E-state index is -4.01. The molecule has 3 rings (SSSR count). The van der Waals surface area contributed by atoms with Gasteiger partial charge in [-0.15, -0.1) is 0 Å². The van der Waals surface area contributed by atoms with Gasteiger partial charge in [0.1, 0.15) is 11.0 Å². The molecule has 6 nitrogen and oxygen atoms in total. The van der Waals surface area contributed by atoms with Gasteiger partial charge in [-0.1, -0.05) is 29.8 Å². The van der Waals surface area contributed by atoms with Gasteiger partial charge in [-0.2, -0.15) is 0 Å². The average Bonchev–Trinajstić information content (AvgIpc) is 2.71. The summed E-state index contributed by atoms with van der Waals surface area (Å²) in [6, 6.07) is 13.2. The van der Waals surface area contributed by atoms with E-state index in [0.717, 1.165) is 11.6 Å². The Hall–Kier alpha value is -2.97. The van der Waals surface area contributed by atoms with Crippen LogP contribution in [-0.2, 0) is 16.6 Å². The summed E-state index contributed by atoms with van der Waals surface area (Å²) >= 11 is 5.78. The Morgan fingerprint density at radius 2 is 1.90 bits per heavy atom. The number of benzene rings is 2. The lowest BCUT2D eigenvalue weighted by atomic mass is 10.1. The van der Waals surface area contributed by atoms with Crippen LogP contribution in [0.1, 0.15) is 21.5 Å². The number of hydrogen-bond donors (Lipinski definition) is 1. The van der Waals surface area contributed by atoms with E-state index >= 15 is 0 Å². The summed E-state index contributed by atoms with van der Waals surface area (Å²) in [6.07, 6.45) is 1.57. The molecule has 0 aliphatic heterocycles. The smallest absolute Gasteiger partial charge is 0.261 e. The van der Waals surface area contributed by atoms with Gasteiger partial charge in [0.05, 0.1) is 16.1 Å². The highest BCUT2D eigenvalue weighted by Gasteiger charge is 2.21. The van der Waals surface area contributed by atoms with E-state index in [2.05, 4.69) is 9.71 Å². The Bertz CT molecular complexity index is 1180. The molecule has 0 bridgehead atoms. The molecule has 0 spiro atoms. The Morgan fingerprint density at radius 3 is 2.57 bits per heavy atom. The van der Waals surface area contributed by atoms with Crippen LogP contribution in [0.25, 0.3) is 0 Å². The molecule has 2 aromatic carbocycles. The second-order valence-corrected chi connectivity index (χ2v) is 8.78. The van der Waals surface area contributed by atoms with Gasteiger partial charge in [0, 0.05) is 19.8 Å². The highest BCUT2D eigenvalue weighted by Crippen LogP contribution is 2.23. The first-order valence-corrected chi connectivity index (χ1v) is 10.8. The molecular weight excluding hydrogens is 429 g/mol. The predicted molar refractivity (Wildman–Crippen MR) is 113 cm³/mol. The molecule has 0 aliphatic carbocycles. The van der Waals surface area contributed by atoms with Crippen LogP contribution in [0.4, 0.5) is 10.1 Å². The molecule has 0 fully saturated rings. The number of para-hydroxylation sites is 1. The number of hydrogen-bond acceptors (Lipinski definition) is 4. The van der Waals surface area contributed by atoms with Crippen LogP contribution in [0.5, 0.6) is 0 Å². The summed E-state index contributed by atoms with van der Waals surface area (Å²) in [4.78, 5) is 18.3. The third-order valence-electron chi connectivity index (χ3n) is 4.40. The maximum atomic E-state index is 13.5. The van der Waals surface area contributed by atoms with Gasteiger partial charge >= 0.3 is 0 Å². The number of pyridine rings is 1. The molecule has 1 N–H and O–H groups in total. The standard InChI is InChI=1S/C21H19ClFN3O3S/c1-14-11-16(8-9-18(14)23)30(28,29)25-19-6-4-3-5-17(19)21(27)26(2)13-15-7-10-20(22)24-12-15/h3-12,25H,13H2,1-2H3. The summed E-state index contributed by atoms with van der Waals surface area (Å²) in [5, 5.41) is 0.350. The molecule has 0 atom stereocenters. The molecule has 1 heterocycles. The van der Waals surface area contributed by atoms with Gasteiger partial charge < -0.3 is 4.90 Å². The molecule has 9 heteroatoms. The SMILES string of the molecule is Cc1cc(S(=O)(=O)Nc2ccccc2C(=O)N(C)Cc2ccc(Cl)nc2)ccc1F. The lowest BCUT2D eigenvalue weighted by Crippen LogP contribution is -2.27. The van der Waals surface area contributed by atoms with Gasteiger partial charge in [-0.05, 0) is 54.4 Å². The second-order valence-electron chi connectivity index (χ2n) is 6.71. The number of carbonyl (C=O) groups is 1. The van der Waals surface area contributed by atoms with Crippen molar-refractivity contribution in [2.45, 2.75) is 18.4 Å². The maximum absolute atomic E-state index is 13.5. The third-order valence-corrected chi connectivity index (χ3v) is 5.98. The molecule has 1 aromatic heterocycles. The normalized spacial score (nSPS) is 11.2. The molecule has 0 unspecified atom stereocenters. The van der Waals surface area contributed by atoms with Crippen molar-refractivity contribution < 1.29 is 17.6 Å². The van der Waals surface area contributed by atoms with E-state index in [4.69, 9.17) is 11.6 Å². The lowest BCUT2D eigenvalue weighted by Gasteiger charge is -2.19. The summed E-state index contributed by atoms with van der Waals surface area (Å²) in [6.45, 7) is 1.74. The molecule has 1 amide bonds. The number of sulfonamides is 1. The van der Waals surface area contributed by atoms with E-state index < -0.39 is 15.8 Å². The van der Waals surface area contributed by atoms with Crippen LogP contribution in [0.3, 0.4) is 0 Å². The molecule has 0 radical (unpaired) electrons. The minimum Gasteiger partial charge on any atom is -0.337 e. The van der Waals surface area contributed by atoms with Crippen molar-refractivity contribution in [1.29, 1.82) is 0 Å². The first-order chi connectivity index (χ1) is 14.2. The Labute approximate surface area is 179 Å². The summed E-state index contributed by atoms with van der Waals surface area (Å²) in [7, 11) is -2.41. The van der Waals surface area contributed by atoms with Crippen molar-refractivity contribution in [3.05, 3.63) is 88.5 Å². The van der Waals surface area contributed by atoms with Gasteiger partial charge in [0.15, 0.2) is 0 Å². The first-order valence-electron chi connectivity index (χ1n) is 8.91. The Balaban J connectivity index is 1.85. The van der Waals surface area contributed by atoms with Gasteiger partial charge in [-0.3, -0.25) is 9.52 Å². The fraction of sp³-hybridized carbons (Fsp3) is 0.143. The van der Waals surface area contributed by atoms with Gasteiger partial charge in [0.25, 0.3) is 15.9 Å². The average molecular weight is 448 g/mol. The number of anilines is 1. The summed E-state index contributed by atoms with van der Waals surface area (Å²) in [5.74, 6) is -0.874. The number of aromatic nitrogens is 1. The monoisotopic (exact) mass is 447 g/mol. The fourth-order valence-corrected chi connectivity index (χ4v) is 4.07. The minimum absolute atomic E-state index is 0.0933. The van der Waals surface area contributed by atoms with Crippen molar-refractivity contribution in [3.63, 3.8) is 0 Å². The third kappa shape index (κ3) is 4.95. The fourth-order valence-electron chi connectivity index (χ4n) is 2.80. The topological polar surface area (TPSA) is 79.4 Å². The van der Waals surface area contributed by atoms with E-state index in [9.17, 15) is 17.6 Å². The van der Waals surface area contributed by atoms with E-state index in [0.29, 0.717) is 5.15 Å². The van der Waals surface area contributed by atoms with Crippen molar-refractivity contribution in [1.82, 2.24) is 9.88 Å². The summed E-state index contributed by atoms with van der Waals surface area (Å²) < 4.78 is 41.4. The lowest BCUT2D eigenvalue weighted by molar-refractivity contribution is 0.0786. The van der Waals surface area contributed by atoms with Crippen molar-refractivity contribution >= 4 is 33.2 Å². The highest BCUT2D eigenvalue weighted by atomic mass is 35.5. The van der Waals surface area contributed by atoms with Gasteiger partial charge in [0.2, 0.25) is 0 Å². The number of amides is 1. The number of carbonyl (C=O) groups excluding carboxylic acids is 1. The highest BCUT2D eigenvalue weighted by molar-refractivity contribution is 7.92. The number of nitrogens with zero attached hydrogens (tertiary/aromatic N) is 2. The zero-order valence-electron chi connectivity index (χ0n) is 16.3. The Kier molecular flexibility index (Phi) is 6.38. The number of halogens is 2. The molecule has 30 heavy (non-hydrogen) atoms. The second kappa shape index (κ2) is 8.81. The van der Waals surface area contributed by atoms with Crippen LogP contribution < -0.4 is 4.72 Å². The molecule has 0 saturated heterocycles.